The number of nitriles is 2. The van der Waals surface area contributed by atoms with E-state index in [1.54, 1.807) is 6.07 Å². The molecule has 0 aliphatic carbocycles. The highest BCUT2D eigenvalue weighted by atomic mass is 15.3. The molecule has 1 unspecified atom stereocenters. The van der Waals surface area contributed by atoms with Crippen molar-refractivity contribution in [1.29, 1.82) is 10.5 Å². The van der Waals surface area contributed by atoms with Crippen LogP contribution < -0.4 is 4.90 Å². The third kappa shape index (κ3) is 3.71. The first-order valence-corrected chi connectivity index (χ1v) is 7.45. The summed E-state index contributed by atoms with van der Waals surface area (Å²) >= 11 is 0. The molecule has 2 heterocycles. The minimum atomic E-state index is 0.0253. The Morgan fingerprint density at radius 3 is 2.52 bits per heavy atom. The molecule has 110 valence electrons. The van der Waals surface area contributed by atoms with E-state index in [-0.39, 0.29) is 6.04 Å². The highest BCUT2D eigenvalue weighted by Crippen LogP contribution is 2.18. The number of rotatable bonds is 4. The minimum absolute atomic E-state index is 0.0253. The van der Waals surface area contributed by atoms with Gasteiger partial charge in [0.15, 0.2) is 0 Å². The smallest absolute Gasteiger partial charge is 0.130 e. The second kappa shape index (κ2) is 7.06. The molecule has 0 amide bonds. The van der Waals surface area contributed by atoms with Gasteiger partial charge in [0.05, 0.1) is 23.7 Å². The third-order valence-corrected chi connectivity index (χ3v) is 3.86. The molecule has 5 heteroatoms. The number of nitrogens with zero attached hydrogens (tertiary/aromatic N) is 5. The molecule has 1 aromatic rings. The minimum Gasteiger partial charge on any atom is -0.354 e. The summed E-state index contributed by atoms with van der Waals surface area (Å²) in [6, 6.07) is 8.25. The van der Waals surface area contributed by atoms with E-state index in [4.69, 9.17) is 5.26 Å². The maximum absolute atomic E-state index is 9.24. The predicted molar refractivity (Wildman–Crippen MR) is 81.8 cm³/mol. The van der Waals surface area contributed by atoms with Gasteiger partial charge in [-0.2, -0.15) is 10.5 Å². The quantitative estimate of drug-likeness (QED) is 0.846. The third-order valence-electron chi connectivity index (χ3n) is 3.86. The van der Waals surface area contributed by atoms with E-state index in [2.05, 4.69) is 33.8 Å². The zero-order valence-electron chi connectivity index (χ0n) is 12.7. The van der Waals surface area contributed by atoms with E-state index in [1.165, 1.54) is 0 Å². The number of hydrogen-bond donors (Lipinski definition) is 0. The highest BCUT2D eigenvalue weighted by molar-refractivity contribution is 5.47. The molecule has 1 aliphatic heterocycles. The summed E-state index contributed by atoms with van der Waals surface area (Å²) in [5, 5.41) is 18.3. The first-order valence-electron chi connectivity index (χ1n) is 7.45. The van der Waals surface area contributed by atoms with Crippen LogP contribution in [0, 0.1) is 29.6 Å². The highest BCUT2D eigenvalue weighted by Gasteiger charge is 2.23. The SMILES string of the molecule is CCCC(C#N)N1CCN(c2cc(C#N)cc(C)n2)CC1. The fourth-order valence-electron chi connectivity index (χ4n) is 2.74. The number of hydrogen-bond acceptors (Lipinski definition) is 5. The molecule has 0 radical (unpaired) electrons. The van der Waals surface area contributed by atoms with E-state index < -0.39 is 0 Å². The zero-order chi connectivity index (χ0) is 15.2. The molecule has 5 nitrogen and oxygen atoms in total. The molecule has 0 aromatic carbocycles. The number of anilines is 1. The monoisotopic (exact) mass is 283 g/mol. The second-order valence-electron chi connectivity index (χ2n) is 5.42. The Bertz CT molecular complexity index is 561. The van der Waals surface area contributed by atoms with Gasteiger partial charge in [0.25, 0.3) is 0 Å². The van der Waals surface area contributed by atoms with Crippen LogP contribution in [0.4, 0.5) is 5.82 Å². The zero-order valence-corrected chi connectivity index (χ0v) is 12.7. The van der Waals surface area contributed by atoms with Gasteiger partial charge in [-0.3, -0.25) is 4.90 Å². The number of aromatic nitrogens is 1. The lowest BCUT2D eigenvalue weighted by molar-refractivity contribution is 0.211. The molecule has 0 saturated carbocycles. The first kappa shape index (κ1) is 15.3. The van der Waals surface area contributed by atoms with Crippen LogP contribution in [0.5, 0.6) is 0 Å². The average molecular weight is 283 g/mol. The van der Waals surface area contributed by atoms with Crippen molar-refractivity contribution in [3.8, 4) is 12.1 Å². The lowest BCUT2D eigenvalue weighted by Crippen LogP contribution is -2.50. The van der Waals surface area contributed by atoms with Crippen molar-refractivity contribution in [2.45, 2.75) is 32.7 Å². The summed E-state index contributed by atoms with van der Waals surface area (Å²) < 4.78 is 0. The Balaban J connectivity index is 2.03. The van der Waals surface area contributed by atoms with Gasteiger partial charge in [-0.15, -0.1) is 0 Å². The summed E-state index contributed by atoms with van der Waals surface area (Å²) in [5.41, 5.74) is 1.52. The Morgan fingerprint density at radius 1 is 1.24 bits per heavy atom. The van der Waals surface area contributed by atoms with Gasteiger partial charge in [-0.05, 0) is 25.5 Å². The molecule has 1 saturated heterocycles. The molecule has 1 aliphatic rings. The Morgan fingerprint density at radius 2 is 1.95 bits per heavy atom. The molecular formula is C16H21N5. The number of aryl methyl sites for hydroxylation is 1. The van der Waals surface area contributed by atoms with Crippen LogP contribution in [0.25, 0.3) is 0 Å². The van der Waals surface area contributed by atoms with Gasteiger partial charge < -0.3 is 4.90 Å². The van der Waals surface area contributed by atoms with Crippen LogP contribution in [0.1, 0.15) is 31.0 Å². The molecule has 21 heavy (non-hydrogen) atoms. The van der Waals surface area contributed by atoms with Gasteiger partial charge in [-0.1, -0.05) is 13.3 Å². The van der Waals surface area contributed by atoms with E-state index in [9.17, 15) is 5.26 Å². The number of pyridine rings is 1. The van der Waals surface area contributed by atoms with Crippen molar-refractivity contribution in [2.24, 2.45) is 0 Å². The predicted octanol–water partition coefficient (Wildman–Crippen LogP) is 2.08. The van der Waals surface area contributed by atoms with Crippen molar-refractivity contribution >= 4 is 5.82 Å². The standard InChI is InChI=1S/C16H21N5/c1-3-4-15(12-18)20-5-7-21(8-6-20)16-10-14(11-17)9-13(2)19-16/h9-10,15H,3-8H2,1-2H3. The van der Waals surface area contributed by atoms with Crippen LogP contribution in [0.2, 0.25) is 0 Å². The molecule has 0 spiro atoms. The van der Waals surface area contributed by atoms with Crippen molar-refractivity contribution in [1.82, 2.24) is 9.88 Å². The topological polar surface area (TPSA) is 67.0 Å². The van der Waals surface area contributed by atoms with Crippen LogP contribution in [0.15, 0.2) is 12.1 Å². The van der Waals surface area contributed by atoms with Crippen molar-refractivity contribution in [2.75, 3.05) is 31.1 Å². The van der Waals surface area contributed by atoms with Crippen LogP contribution in [-0.2, 0) is 0 Å². The van der Waals surface area contributed by atoms with Crippen molar-refractivity contribution < 1.29 is 0 Å². The normalized spacial score (nSPS) is 17.0. The maximum Gasteiger partial charge on any atom is 0.130 e. The lowest BCUT2D eigenvalue weighted by atomic mass is 10.1. The molecular weight excluding hydrogens is 262 g/mol. The van der Waals surface area contributed by atoms with Gasteiger partial charge >= 0.3 is 0 Å². The molecule has 2 rings (SSSR count). The summed E-state index contributed by atoms with van der Waals surface area (Å²) in [6.45, 7) is 7.46. The van der Waals surface area contributed by atoms with Gasteiger partial charge in [0, 0.05) is 31.9 Å². The first-order chi connectivity index (χ1) is 10.2. The Hall–Kier alpha value is -2.11. The average Bonchev–Trinajstić information content (AvgIpc) is 2.52. The van der Waals surface area contributed by atoms with Crippen LogP contribution in [0.3, 0.4) is 0 Å². The fourth-order valence-corrected chi connectivity index (χ4v) is 2.74. The van der Waals surface area contributed by atoms with E-state index in [1.807, 2.05) is 13.0 Å². The molecule has 1 fully saturated rings. The van der Waals surface area contributed by atoms with E-state index in [0.29, 0.717) is 5.56 Å². The van der Waals surface area contributed by atoms with Crippen LogP contribution in [-0.4, -0.2) is 42.1 Å². The largest absolute Gasteiger partial charge is 0.354 e. The maximum atomic E-state index is 9.24. The van der Waals surface area contributed by atoms with Crippen molar-refractivity contribution in [3.63, 3.8) is 0 Å². The summed E-state index contributed by atoms with van der Waals surface area (Å²) in [5.74, 6) is 0.871. The van der Waals surface area contributed by atoms with Gasteiger partial charge in [-0.25, -0.2) is 4.98 Å². The Kier molecular flexibility index (Phi) is 5.14. The Labute approximate surface area is 126 Å². The van der Waals surface area contributed by atoms with Crippen LogP contribution >= 0.6 is 0 Å². The van der Waals surface area contributed by atoms with Gasteiger partial charge in [0.1, 0.15) is 5.82 Å². The summed E-state index contributed by atoms with van der Waals surface area (Å²) in [7, 11) is 0. The number of piperazine rings is 1. The fraction of sp³-hybridized carbons (Fsp3) is 0.562. The van der Waals surface area contributed by atoms with Crippen molar-refractivity contribution in [3.05, 3.63) is 23.4 Å². The molecule has 0 N–H and O–H groups in total. The molecule has 0 bridgehead atoms. The van der Waals surface area contributed by atoms with Gasteiger partial charge in [0.2, 0.25) is 0 Å². The summed E-state index contributed by atoms with van der Waals surface area (Å²) in [4.78, 5) is 8.97. The van der Waals surface area contributed by atoms with E-state index >= 15 is 0 Å². The molecule has 1 aromatic heterocycles. The molecule has 1 atom stereocenters. The lowest BCUT2D eigenvalue weighted by Gasteiger charge is -2.37. The summed E-state index contributed by atoms with van der Waals surface area (Å²) in [6.07, 6.45) is 1.96. The second-order valence-corrected chi connectivity index (χ2v) is 5.42. The van der Waals surface area contributed by atoms with E-state index in [0.717, 1.165) is 50.5 Å².